The number of rotatable bonds is 6. The first kappa shape index (κ1) is 15.1. The molecule has 0 aliphatic heterocycles. The Hall–Kier alpha value is -2.30. The van der Waals surface area contributed by atoms with Gasteiger partial charge in [-0.15, -0.1) is 0 Å². The van der Waals surface area contributed by atoms with Crippen LogP contribution in [-0.4, -0.2) is 23.6 Å². The molecule has 0 bridgehead atoms. The van der Waals surface area contributed by atoms with Crippen molar-refractivity contribution in [3.63, 3.8) is 0 Å². The second kappa shape index (κ2) is 6.92. The predicted octanol–water partition coefficient (Wildman–Crippen LogP) is 3.58. The van der Waals surface area contributed by atoms with Gasteiger partial charge in [0, 0.05) is 19.5 Å². The zero-order valence-corrected chi connectivity index (χ0v) is 12.9. The molecule has 1 heterocycles. The third-order valence-corrected chi connectivity index (χ3v) is 3.03. The van der Waals surface area contributed by atoms with Gasteiger partial charge in [-0.3, -0.25) is 0 Å². The molecule has 2 aromatic rings. The van der Waals surface area contributed by atoms with E-state index in [1.54, 1.807) is 0 Å². The van der Waals surface area contributed by atoms with Crippen molar-refractivity contribution in [1.82, 2.24) is 9.97 Å². The van der Waals surface area contributed by atoms with E-state index in [0.717, 1.165) is 29.4 Å². The quantitative estimate of drug-likeness (QED) is 0.880. The second-order valence-corrected chi connectivity index (χ2v) is 4.53. The largest absolute Gasteiger partial charge is 0.494 e. The molecule has 2 rings (SSSR count). The van der Waals surface area contributed by atoms with Crippen LogP contribution in [0.4, 0.5) is 5.82 Å². The van der Waals surface area contributed by atoms with Crippen molar-refractivity contribution < 1.29 is 9.47 Å². The number of anilines is 1. The fraction of sp³-hybridized carbons (Fsp3) is 0.375. The Balaban J connectivity index is 2.32. The summed E-state index contributed by atoms with van der Waals surface area (Å²) in [5.41, 5.74) is 0.886. The van der Waals surface area contributed by atoms with Crippen LogP contribution in [-0.2, 0) is 6.42 Å². The average Bonchev–Trinajstić information content (AvgIpc) is 2.50. The maximum Gasteiger partial charge on any atom is 0.227 e. The highest BCUT2D eigenvalue weighted by molar-refractivity contribution is 5.49. The Bertz CT molecular complexity index is 614. The van der Waals surface area contributed by atoms with Gasteiger partial charge in [0.05, 0.1) is 12.2 Å². The first-order valence-corrected chi connectivity index (χ1v) is 7.13. The van der Waals surface area contributed by atoms with Crippen molar-refractivity contribution >= 4 is 5.82 Å². The van der Waals surface area contributed by atoms with E-state index in [-0.39, 0.29) is 0 Å². The summed E-state index contributed by atoms with van der Waals surface area (Å²) in [5, 5.41) is 3.07. The van der Waals surface area contributed by atoms with Gasteiger partial charge in [0.25, 0.3) is 0 Å². The molecule has 1 aromatic carbocycles. The molecule has 0 atom stereocenters. The third-order valence-electron chi connectivity index (χ3n) is 3.03. The van der Waals surface area contributed by atoms with Gasteiger partial charge in [-0.2, -0.15) is 4.98 Å². The van der Waals surface area contributed by atoms with Crippen LogP contribution in [0.1, 0.15) is 25.2 Å². The summed E-state index contributed by atoms with van der Waals surface area (Å²) in [6, 6.07) is 7.54. The summed E-state index contributed by atoms with van der Waals surface area (Å²) in [6.45, 7) is 6.53. The minimum atomic E-state index is 0.569. The molecule has 0 amide bonds. The Morgan fingerprint density at radius 1 is 1.14 bits per heavy atom. The van der Waals surface area contributed by atoms with Gasteiger partial charge in [-0.1, -0.05) is 13.0 Å². The van der Waals surface area contributed by atoms with Crippen molar-refractivity contribution in [2.24, 2.45) is 0 Å². The Morgan fingerprint density at radius 3 is 2.57 bits per heavy atom. The number of nitrogens with one attached hydrogen (secondary N) is 1. The number of aryl methyl sites for hydroxylation is 1. The summed E-state index contributed by atoms with van der Waals surface area (Å²) >= 11 is 0. The van der Waals surface area contributed by atoms with Gasteiger partial charge in [-0.25, -0.2) is 4.98 Å². The molecular weight excluding hydrogens is 266 g/mol. The summed E-state index contributed by atoms with van der Waals surface area (Å²) in [7, 11) is 1.84. The molecule has 0 fully saturated rings. The van der Waals surface area contributed by atoms with Crippen LogP contribution in [0.15, 0.2) is 24.3 Å². The number of hydrogen-bond donors (Lipinski definition) is 1. The van der Waals surface area contributed by atoms with Crippen LogP contribution >= 0.6 is 0 Å². The molecule has 0 radical (unpaired) electrons. The highest BCUT2D eigenvalue weighted by atomic mass is 16.5. The van der Waals surface area contributed by atoms with Crippen LogP contribution in [0.2, 0.25) is 0 Å². The molecule has 112 valence electrons. The van der Waals surface area contributed by atoms with Crippen molar-refractivity contribution in [2.45, 2.75) is 27.2 Å². The number of ether oxygens (including phenoxy) is 2. The van der Waals surface area contributed by atoms with Gasteiger partial charge in [-0.05, 0) is 26.0 Å². The van der Waals surface area contributed by atoms with Crippen molar-refractivity contribution in [3.8, 4) is 17.4 Å². The molecule has 21 heavy (non-hydrogen) atoms. The monoisotopic (exact) mass is 287 g/mol. The normalized spacial score (nSPS) is 10.3. The smallest absolute Gasteiger partial charge is 0.227 e. The summed E-state index contributed by atoms with van der Waals surface area (Å²) in [4.78, 5) is 8.89. The molecule has 1 aromatic heterocycles. The maximum atomic E-state index is 5.91. The SMILES string of the molecule is CCOc1cccc(Oc2nc(CC)nc(NC)c2C)c1. The zero-order valence-electron chi connectivity index (χ0n) is 12.9. The van der Waals surface area contributed by atoms with Crippen LogP contribution < -0.4 is 14.8 Å². The van der Waals surface area contributed by atoms with Crippen LogP contribution in [0, 0.1) is 6.92 Å². The molecule has 0 aliphatic rings. The molecule has 1 N–H and O–H groups in total. The topological polar surface area (TPSA) is 56.3 Å². The van der Waals surface area contributed by atoms with Gasteiger partial charge >= 0.3 is 0 Å². The molecule has 0 aliphatic carbocycles. The fourth-order valence-electron chi connectivity index (χ4n) is 1.95. The average molecular weight is 287 g/mol. The molecule has 0 saturated heterocycles. The lowest BCUT2D eigenvalue weighted by Gasteiger charge is -2.13. The minimum Gasteiger partial charge on any atom is -0.494 e. The first-order valence-electron chi connectivity index (χ1n) is 7.13. The summed E-state index contributed by atoms with van der Waals surface area (Å²) in [5.74, 6) is 3.59. The third kappa shape index (κ3) is 3.62. The number of hydrogen-bond acceptors (Lipinski definition) is 5. The van der Waals surface area contributed by atoms with Crippen LogP contribution in [0.25, 0.3) is 0 Å². The lowest BCUT2D eigenvalue weighted by Crippen LogP contribution is -2.04. The molecule has 5 heteroatoms. The highest BCUT2D eigenvalue weighted by Gasteiger charge is 2.11. The minimum absolute atomic E-state index is 0.569. The van der Waals surface area contributed by atoms with Crippen molar-refractivity contribution in [1.29, 1.82) is 0 Å². The lowest BCUT2D eigenvalue weighted by atomic mass is 10.3. The van der Waals surface area contributed by atoms with E-state index in [1.807, 2.05) is 52.1 Å². The number of benzene rings is 1. The highest BCUT2D eigenvalue weighted by Crippen LogP contribution is 2.29. The lowest BCUT2D eigenvalue weighted by molar-refractivity contribution is 0.338. The van der Waals surface area contributed by atoms with E-state index in [9.17, 15) is 0 Å². The fourth-order valence-corrected chi connectivity index (χ4v) is 1.95. The zero-order chi connectivity index (χ0) is 15.2. The van der Waals surface area contributed by atoms with Gasteiger partial charge in [0.15, 0.2) is 0 Å². The van der Waals surface area contributed by atoms with Crippen molar-refractivity contribution in [2.75, 3.05) is 19.0 Å². The van der Waals surface area contributed by atoms with E-state index in [4.69, 9.17) is 9.47 Å². The summed E-state index contributed by atoms with van der Waals surface area (Å²) in [6.07, 6.45) is 0.754. The van der Waals surface area contributed by atoms with Crippen LogP contribution in [0.5, 0.6) is 17.4 Å². The van der Waals surface area contributed by atoms with Gasteiger partial charge in [0.2, 0.25) is 5.88 Å². The number of aromatic nitrogens is 2. The molecule has 0 spiro atoms. The Labute approximate surface area is 125 Å². The van der Waals surface area contributed by atoms with E-state index >= 15 is 0 Å². The molecular formula is C16H21N3O2. The molecule has 5 nitrogen and oxygen atoms in total. The molecule has 0 unspecified atom stereocenters. The second-order valence-electron chi connectivity index (χ2n) is 4.53. The molecule has 0 saturated carbocycles. The maximum absolute atomic E-state index is 5.91. The van der Waals surface area contributed by atoms with E-state index in [1.165, 1.54) is 0 Å². The van der Waals surface area contributed by atoms with E-state index < -0.39 is 0 Å². The predicted molar refractivity (Wildman–Crippen MR) is 83.4 cm³/mol. The summed E-state index contributed by atoms with van der Waals surface area (Å²) < 4.78 is 11.4. The standard InChI is InChI=1S/C16H21N3O2/c1-5-14-18-15(17-4)11(3)16(19-14)21-13-9-7-8-12(10-13)20-6-2/h7-10H,5-6H2,1-4H3,(H,17,18,19). The van der Waals surface area contributed by atoms with Crippen LogP contribution in [0.3, 0.4) is 0 Å². The van der Waals surface area contributed by atoms with E-state index in [2.05, 4.69) is 15.3 Å². The Kier molecular flexibility index (Phi) is 4.98. The first-order chi connectivity index (χ1) is 10.2. The van der Waals surface area contributed by atoms with Gasteiger partial charge in [0.1, 0.15) is 23.1 Å². The Morgan fingerprint density at radius 2 is 1.90 bits per heavy atom. The van der Waals surface area contributed by atoms with Crippen molar-refractivity contribution in [3.05, 3.63) is 35.7 Å². The number of nitrogens with zero attached hydrogens (tertiary/aromatic N) is 2. The van der Waals surface area contributed by atoms with E-state index in [0.29, 0.717) is 18.2 Å². The van der Waals surface area contributed by atoms with Gasteiger partial charge < -0.3 is 14.8 Å².